The van der Waals surface area contributed by atoms with Gasteiger partial charge in [-0.25, -0.2) is 0 Å². The zero-order valence-corrected chi connectivity index (χ0v) is 11.7. The van der Waals surface area contributed by atoms with Gasteiger partial charge in [0.05, 0.1) is 12.1 Å². The predicted octanol–water partition coefficient (Wildman–Crippen LogP) is 0.956. The highest BCUT2D eigenvalue weighted by Crippen LogP contribution is 2.34. The van der Waals surface area contributed by atoms with Gasteiger partial charge in [0.1, 0.15) is 0 Å². The molecule has 1 aromatic rings. The first-order valence-corrected chi connectivity index (χ1v) is 6.56. The number of fused-ring (bicyclic) bond motifs is 1. The smallest absolute Gasteiger partial charge is 0.237 e. The third kappa shape index (κ3) is 3.40. The molecule has 0 saturated carbocycles. The molecular formula is C14H20N2O4. The molecule has 1 heterocycles. The average molecular weight is 280 g/mol. The molecule has 20 heavy (non-hydrogen) atoms. The quantitative estimate of drug-likeness (QED) is 0.811. The molecule has 1 aliphatic rings. The van der Waals surface area contributed by atoms with Crippen LogP contribution in [0.25, 0.3) is 0 Å². The van der Waals surface area contributed by atoms with Gasteiger partial charge in [0.2, 0.25) is 12.7 Å². The Balaban J connectivity index is 1.94. The van der Waals surface area contributed by atoms with Crippen LogP contribution in [0.2, 0.25) is 0 Å². The Hall–Kier alpha value is -1.79. The fourth-order valence-corrected chi connectivity index (χ4v) is 1.96. The number of ether oxygens (including phenoxy) is 3. The summed E-state index contributed by atoms with van der Waals surface area (Å²) in [6.45, 7) is 2.60. The maximum absolute atomic E-state index is 11.9. The van der Waals surface area contributed by atoms with E-state index in [-0.39, 0.29) is 18.7 Å². The first kappa shape index (κ1) is 14.6. The Labute approximate surface area is 118 Å². The number of amides is 1. The topological polar surface area (TPSA) is 82.8 Å². The molecule has 6 nitrogen and oxygen atoms in total. The van der Waals surface area contributed by atoms with Crippen molar-refractivity contribution < 1.29 is 19.0 Å². The van der Waals surface area contributed by atoms with Crippen molar-refractivity contribution in [1.29, 1.82) is 0 Å². The fraction of sp³-hybridized carbons (Fsp3) is 0.500. The normalized spacial score (nSPS) is 15.8. The van der Waals surface area contributed by atoms with Crippen LogP contribution in [-0.4, -0.2) is 32.5 Å². The van der Waals surface area contributed by atoms with E-state index in [2.05, 4.69) is 5.32 Å². The number of benzene rings is 1. The Morgan fingerprint density at radius 1 is 1.45 bits per heavy atom. The number of nitrogens with one attached hydrogen (secondary N) is 1. The largest absolute Gasteiger partial charge is 0.454 e. The van der Waals surface area contributed by atoms with Crippen molar-refractivity contribution >= 4 is 5.91 Å². The number of methoxy groups -OCH3 is 1. The van der Waals surface area contributed by atoms with E-state index in [4.69, 9.17) is 19.9 Å². The molecule has 2 atom stereocenters. The van der Waals surface area contributed by atoms with E-state index in [0.29, 0.717) is 18.8 Å². The van der Waals surface area contributed by atoms with Crippen molar-refractivity contribution in [2.45, 2.75) is 25.4 Å². The summed E-state index contributed by atoms with van der Waals surface area (Å²) in [4.78, 5) is 11.9. The van der Waals surface area contributed by atoms with Gasteiger partial charge in [-0.2, -0.15) is 0 Å². The van der Waals surface area contributed by atoms with Gasteiger partial charge in [0, 0.05) is 13.7 Å². The van der Waals surface area contributed by atoms with Crippen molar-refractivity contribution in [1.82, 2.24) is 5.32 Å². The third-order valence-corrected chi connectivity index (χ3v) is 3.23. The van der Waals surface area contributed by atoms with Crippen LogP contribution in [0, 0.1) is 0 Å². The molecule has 0 saturated heterocycles. The van der Waals surface area contributed by atoms with E-state index < -0.39 is 6.04 Å². The molecule has 2 unspecified atom stereocenters. The van der Waals surface area contributed by atoms with Crippen LogP contribution < -0.4 is 20.5 Å². The van der Waals surface area contributed by atoms with Crippen molar-refractivity contribution in [3.05, 3.63) is 23.8 Å². The summed E-state index contributed by atoms with van der Waals surface area (Å²) in [6, 6.07) is 4.90. The highest BCUT2D eigenvalue weighted by molar-refractivity contribution is 5.81. The third-order valence-electron chi connectivity index (χ3n) is 3.23. The minimum absolute atomic E-state index is 0.148. The number of carbonyl (C=O) groups is 1. The minimum atomic E-state index is -0.564. The molecule has 1 amide bonds. The second-order valence-electron chi connectivity index (χ2n) is 4.73. The first-order chi connectivity index (χ1) is 9.61. The number of hydrogen-bond donors (Lipinski definition) is 2. The van der Waals surface area contributed by atoms with Gasteiger partial charge in [-0.1, -0.05) is 6.07 Å². The van der Waals surface area contributed by atoms with Crippen LogP contribution in [0.5, 0.6) is 11.5 Å². The van der Waals surface area contributed by atoms with E-state index in [1.54, 1.807) is 7.11 Å². The van der Waals surface area contributed by atoms with Gasteiger partial charge >= 0.3 is 0 Å². The Bertz CT molecular complexity index is 478. The van der Waals surface area contributed by atoms with Gasteiger partial charge in [-0.05, 0) is 31.0 Å². The predicted molar refractivity (Wildman–Crippen MR) is 73.6 cm³/mol. The first-order valence-electron chi connectivity index (χ1n) is 6.56. The van der Waals surface area contributed by atoms with E-state index in [0.717, 1.165) is 11.3 Å². The van der Waals surface area contributed by atoms with Crippen molar-refractivity contribution in [2.75, 3.05) is 20.5 Å². The molecule has 2 rings (SSSR count). The summed E-state index contributed by atoms with van der Waals surface area (Å²) in [5.74, 6) is 1.24. The molecule has 1 aromatic carbocycles. The Morgan fingerprint density at radius 2 is 2.20 bits per heavy atom. The average Bonchev–Trinajstić information content (AvgIpc) is 2.91. The molecular weight excluding hydrogens is 260 g/mol. The van der Waals surface area contributed by atoms with Crippen molar-refractivity contribution in [3.8, 4) is 11.5 Å². The van der Waals surface area contributed by atoms with E-state index >= 15 is 0 Å². The lowest BCUT2D eigenvalue weighted by Crippen LogP contribution is -2.42. The molecule has 110 valence electrons. The van der Waals surface area contributed by atoms with Gasteiger partial charge in [0.25, 0.3) is 0 Å². The van der Waals surface area contributed by atoms with Crippen LogP contribution in [0.4, 0.5) is 0 Å². The molecule has 0 aromatic heterocycles. The van der Waals surface area contributed by atoms with Crippen molar-refractivity contribution in [2.24, 2.45) is 5.73 Å². The zero-order valence-electron chi connectivity index (χ0n) is 11.7. The van der Waals surface area contributed by atoms with Crippen LogP contribution in [0.3, 0.4) is 0 Å². The van der Waals surface area contributed by atoms with Gasteiger partial charge < -0.3 is 25.3 Å². The van der Waals surface area contributed by atoms with Gasteiger partial charge in [0.15, 0.2) is 11.5 Å². The Kier molecular flexibility index (Phi) is 4.81. The molecule has 0 radical (unpaired) electrons. The molecule has 6 heteroatoms. The number of carbonyl (C=O) groups excluding carboxylic acids is 1. The molecule has 0 fully saturated rings. The summed E-state index contributed by atoms with van der Waals surface area (Å²) in [7, 11) is 1.58. The van der Waals surface area contributed by atoms with Gasteiger partial charge in [-0.15, -0.1) is 0 Å². The maximum atomic E-state index is 11.9. The number of nitrogens with two attached hydrogens (primary N) is 1. The van der Waals surface area contributed by atoms with Crippen LogP contribution in [0.1, 0.15) is 24.9 Å². The molecule has 0 spiro atoms. The second-order valence-corrected chi connectivity index (χ2v) is 4.73. The molecule has 1 aliphatic heterocycles. The molecule has 3 N–H and O–H groups in total. The number of rotatable bonds is 6. The van der Waals surface area contributed by atoms with Crippen LogP contribution >= 0.6 is 0 Å². The van der Waals surface area contributed by atoms with Gasteiger partial charge in [-0.3, -0.25) is 4.79 Å². The highest BCUT2D eigenvalue weighted by Gasteiger charge is 2.19. The van der Waals surface area contributed by atoms with E-state index in [9.17, 15) is 4.79 Å². The second kappa shape index (κ2) is 6.58. The minimum Gasteiger partial charge on any atom is -0.454 e. The fourth-order valence-electron chi connectivity index (χ4n) is 1.96. The van der Waals surface area contributed by atoms with Crippen LogP contribution in [-0.2, 0) is 9.53 Å². The maximum Gasteiger partial charge on any atom is 0.237 e. The lowest BCUT2D eigenvalue weighted by molar-refractivity contribution is -0.123. The SMILES string of the molecule is COCCC(N)C(=O)NC(C)c1ccc2c(c1)OCO2. The summed E-state index contributed by atoms with van der Waals surface area (Å²) in [6.07, 6.45) is 0.496. The molecule has 0 aliphatic carbocycles. The lowest BCUT2D eigenvalue weighted by atomic mass is 10.1. The van der Waals surface area contributed by atoms with E-state index in [1.165, 1.54) is 0 Å². The zero-order chi connectivity index (χ0) is 14.5. The number of hydrogen-bond acceptors (Lipinski definition) is 5. The Morgan fingerprint density at radius 3 is 2.95 bits per heavy atom. The van der Waals surface area contributed by atoms with E-state index in [1.807, 2.05) is 25.1 Å². The van der Waals surface area contributed by atoms with Crippen molar-refractivity contribution in [3.63, 3.8) is 0 Å². The standard InChI is InChI=1S/C14H20N2O4/c1-9(16-14(17)11(15)5-6-18-2)10-3-4-12-13(7-10)20-8-19-12/h3-4,7,9,11H,5-6,8,15H2,1-2H3,(H,16,17). The monoisotopic (exact) mass is 280 g/mol. The summed E-state index contributed by atoms with van der Waals surface area (Å²) >= 11 is 0. The highest BCUT2D eigenvalue weighted by atomic mass is 16.7. The lowest BCUT2D eigenvalue weighted by Gasteiger charge is -2.18. The summed E-state index contributed by atoms with van der Waals surface area (Å²) < 4.78 is 15.5. The molecule has 0 bridgehead atoms. The summed E-state index contributed by atoms with van der Waals surface area (Å²) in [5.41, 5.74) is 6.73. The summed E-state index contributed by atoms with van der Waals surface area (Å²) in [5, 5.41) is 2.88. The van der Waals surface area contributed by atoms with Crippen LogP contribution in [0.15, 0.2) is 18.2 Å².